The largest absolute Gasteiger partial charge is 0.253 e. The highest BCUT2D eigenvalue weighted by atomic mass is 32.1. The van der Waals surface area contributed by atoms with Crippen molar-refractivity contribution >= 4 is 16.9 Å². The minimum Gasteiger partial charge on any atom is -0.253 e. The third kappa shape index (κ3) is 1.45. The summed E-state index contributed by atoms with van der Waals surface area (Å²) in [5.74, 6) is 0. The van der Waals surface area contributed by atoms with Crippen LogP contribution in [0.4, 0.5) is 0 Å². The first kappa shape index (κ1) is 7.48. The maximum absolute atomic E-state index is 4.02. The molecule has 54 valence electrons. The first-order chi connectivity index (χ1) is 4.88. The molecule has 0 aliphatic carbocycles. The molecule has 1 aromatic rings. The highest BCUT2D eigenvalue weighted by molar-refractivity contribution is 7.10. The van der Waals surface area contributed by atoms with Crippen molar-refractivity contribution in [2.75, 3.05) is 0 Å². The minimum atomic E-state index is 1.10. The zero-order valence-electron chi connectivity index (χ0n) is 6.29. The van der Waals surface area contributed by atoms with Crippen LogP contribution in [-0.4, -0.2) is 4.98 Å². The second-order valence-electron chi connectivity index (χ2n) is 2.03. The van der Waals surface area contributed by atoms with Crippen LogP contribution in [-0.2, 0) is 0 Å². The van der Waals surface area contributed by atoms with Crippen molar-refractivity contribution in [1.29, 1.82) is 0 Å². The Labute approximate surface area is 65.4 Å². The lowest BCUT2D eigenvalue weighted by molar-refractivity contribution is 1.24. The highest BCUT2D eigenvalue weighted by Gasteiger charge is 1.97. The molecule has 0 aliphatic heterocycles. The van der Waals surface area contributed by atoms with Gasteiger partial charge in [-0.1, -0.05) is 13.0 Å². The van der Waals surface area contributed by atoms with Crippen LogP contribution in [0.2, 0.25) is 0 Å². The maximum Gasteiger partial charge on any atom is 0.0797 e. The van der Waals surface area contributed by atoms with Crippen molar-refractivity contribution in [3.8, 4) is 0 Å². The molecule has 0 radical (unpaired) electrons. The molecule has 0 amide bonds. The fourth-order valence-corrected chi connectivity index (χ4v) is 1.67. The Morgan fingerprint density at radius 2 is 2.60 bits per heavy atom. The lowest BCUT2D eigenvalue weighted by atomic mass is 10.2. The summed E-state index contributed by atoms with van der Waals surface area (Å²) in [6.45, 7) is 4.23. The molecular formula is C8H11NS. The molecule has 0 unspecified atom stereocenters. The molecule has 0 fully saturated rings. The van der Waals surface area contributed by atoms with Crippen LogP contribution in [0.15, 0.2) is 17.8 Å². The Hall–Kier alpha value is -0.630. The van der Waals surface area contributed by atoms with Gasteiger partial charge < -0.3 is 0 Å². The molecule has 0 bridgehead atoms. The van der Waals surface area contributed by atoms with Crippen LogP contribution < -0.4 is 0 Å². The molecular weight excluding hydrogens is 142 g/mol. The molecule has 0 saturated carbocycles. The lowest BCUT2D eigenvalue weighted by Crippen LogP contribution is -1.74. The summed E-state index contributed by atoms with van der Waals surface area (Å²) in [5.41, 5.74) is 3.26. The number of rotatable bonds is 2. The van der Waals surface area contributed by atoms with Gasteiger partial charge in [0.15, 0.2) is 0 Å². The lowest BCUT2D eigenvalue weighted by Gasteiger charge is -1.95. The van der Waals surface area contributed by atoms with Gasteiger partial charge in [0.25, 0.3) is 0 Å². The first-order valence-corrected chi connectivity index (χ1v) is 4.30. The van der Waals surface area contributed by atoms with Gasteiger partial charge in [-0.05, 0) is 18.9 Å². The second-order valence-corrected chi connectivity index (χ2v) is 2.92. The first-order valence-electron chi connectivity index (χ1n) is 3.42. The van der Waals surface area contributed by atoms with Gasteiger partial charge in [-0.3, -0.25) is 4.98 Å². The van der Waals surface area contributed by atoms with Crippen LogP contribution in [0.3, 0.4) is 0 Å². The fourth-order valence-electron chi connectivity index (χ4n) is 0.895. The van der Waals surface area contributed by atoms with Gasteiger partial charge in [0.05, 0.1) is 5.51 Å². The summed E-state index contributed by atoms with van der Waals surface area (Å²) in [6.07, 6.45) is 5.16. The van der Waals surface area contributed by atoms with Crippen molar-refractivity contribution in [2.24, 2.45) is 0 Å². The van der Waals surface area contributed by atoms with E-state index in [2.05, 4.69) is 24.9 Å². The maximum atomic E-state index is 4.02. The van der Waals surface area contributed by atoms with Gasteiger partial charge in [0.2, 0.25) is 0 Å². The normalized spacial score (nSPS) is 12.0. The highest BCUT2D eigenvalue weighted by Crippen LogP contribution is 2.20. The molecule has 10 heavy (non-hydrogen) atoms. The Kier molecular flexibility index (Phi) is 2.63. The predicted molar refractivity (Wildman–Crippen MR) is 46.1 cm³/mol. The van der Waals surface area contributed by atoms with E-state index < -0.39 is 0 Å². The van der Waals surface area contributed by atoms with Crippen molar-refractivity contribution < 1.29 is 0 Å². The summed E-state index contributed by atoms with van der Waals surface area (Å²) in [7, 11) is 0. The quantitative estimate of drug-likeness (QED) is 0.636. The van der Waals surface area contributed by atoms with E-state index in [1.54, 1.807) is 11.3 Å². The third-order valence-electron chi connectivity index (χ3n) is 1.48. The van der Waals surface area contributed by atoms with Crippen LogP contribution in [0, 0.1) is 0 Å². The number of thiazole rings is 1. The van der Waals surface area contributed by atoms with Gasteiger partial charge in [-0.15, -0.1) is 11.3 Å². The van der Waals surface area contributed by atoms with Crippen molar-refractivity contribution in [3.05, 3.63) is 22.7 Å². The number of allylic oxidation sites excluding steroid dienone is 2. The molecule has 0 spiro atoms. The van der Waals surface area contributed by atoms with Gasteiger partial charge in [-0.2, -0.15) is 0 Å². The Morgan fingerprint density at radius 1 is 1.80 bits per heavy atom. The summed E-state index contributed by atoms with van der Waals surface area (Å²) in [4.78, 5) is 5.31. The number of hydrogen-bond acceptors (Lipinski definition) is 2. The van der Waals surface area contributed by atoms with Crippen molar-refractivity contribution in [2.45, 2.75) is 20.3 Å². The van der Waals surface area contributed by atoms with Gasteiger partial charge >= 0.3 is 0 Å². The number of aromatic nitrogens is 1. The molecule has 1 rings (SSSR count). The van der Waals surface area contributed by atoms with E-state index in [4.69, 9.17) is 0 Å². The summed E-state index contributed by atoms with van der Waals surface area (Å²) in [6, 6.07) is 0. The van der Waals surface area contributed by atoms with Crippen LogP contribution in [0.5, 0.6) is 0 Å². The molecule has 1 heterocycles. The molecule has 0 atom stereocenters. The average molecular weight is 153 g/mol. The van der Waals surface area contributed by atoms with E-state index in [1.807, 2.05) is 11.7 Å². The average Bonchev–Trinajstić information content (AvgIpc) is 2.43. The van der Waals surface area contributed by atoms with Crippen LogP contribution >= 0.6 is 11.3 Å². The van der Waals surface area contributed by atoms with E-state index >= 15 is 0 Å². The van der Waals surface area contributed by atoms with Gasteiger partial charge in [0.1, 0.15) is 0 Å². The molecule has 0 aromatic carbocycles. The van der Waals surface area contributed by atoms with Crippen molar-refractivity contribution in [1.82, 2.24) is 4.98 Å². The van der Waals surface area contributed by atoms with Crippen LogP contribution in [0.1, 0.15) is 25.1 Å². The fraction of sp³-hybridized carbons (Fsp3) is 0.375. The minimum absolute atomic E-state index is 1.10. The van der Waals surface area contributed by atoms with E-state index in [9.17, 15) is 0 Å². The molecule has 1 nitrogen and oxygen atoms in total. The number of nitrogens with zero attached hydrogens (tertiary/aromatic N) is 1. The zero-order chi connectivity index (χ0) is 7.40. The van der Waals surface area contributed by atoms with E-state index in [0.29, 0.717) is 0 Å². The molecule has 1 aromatic heterocycles. The Bertz CT molecular complexity index is 211. The number of hydrogen-bond donors (Lipinski definition) is 0. The summed E-state index contributed by atoms with van der Waals surface area (Å²) < 4.78 is 0. The SMILES string of the molecule is CC=C(CC)c1cncs1. The summed E-state index contributed by atoms with van der Waals surface area (Å²) in [5, 5.41) is 0. The smallest absolute Gasteiger partial charge is 0.0797 e. The predicted octanol–water partition coefficient (Wildman–Crippen LogP) is 2.96. The van der Waals surface area contributed by atoms with Gasteiger partial charge in [-0.25, -0.2) is 0 Å². The molecule has 0 N–H and O–H groups in total. The Morgan fingerprint density at radius 3 is 3.00 bits per heavy atom. The van der Waals surface area contributed by atoms with E-state index in [-0.39, 0.29) is 0 Å². The second kappa shape index (κ2) is 3.52. The zero-order valence-corrected chi connectivity index (χ0v) is 7.11. The monoisotopic (exact) mass is 153 g/mol. The molecule has 0 saturated heterocycles. The summed E-state index contributed by atoms with van der Waals surface area (Å²) >= 11 is 1.70. The van der Waals surface area contributed by atoms with Gasteiger partial charge in [0, 0.05) is 11.1 Å². The Balaban J connectivity index is 2.85. The third-order valence-corrected chi connectivity index (χ3v) is 2.33. The van der Waals surface area contributed by atoms with E-state index in [1.165, 1.54) is 10.5 Å². The van der Waals surface area contributed by atoms with E-state index in [0.717, 1.165) is 6.42 Å². The molecule has 0 aliphatic rings. The molecule has 2 heteroatoms. The van der Waals surface area contributed by atoms with Crippen molar-refractivity contribution in [3.63, 3.8) is 0 Å². The standard InChI is InChI=1S/C8H11NS/c1-3-7(4-2)8-5-9-6-10-8/h3,5-6H,4H2,1-2H3. The topological polar surface area (TPSA) is 12.9 Å². The van der Waals surface area contributed by atoms with Crippen LogP contribution in [0.25, 0.3) is 5.57 Å².